The molecule has 0 saturated carbocycles. The van der Waals surface area contributed by atoms with Crippen molar-refractivity contribution in [2.75, 3.05) is 5.32 Å². The molecule has 0 aliphatic carbocycles. The summed E-state index contributed by atoms with van der Waals surface area (Å²) in [6.07, 6.45) is 1.45. The lowest BCUT2D eigenvalue weighted by atomic mass is 9.96. The van der Waals surface area contributed by atoms with Crippen LogP contribution in [0.15, 0.2) is 18.2 Å². The second kappa shape index (κ2) is 5.19. The number of fused-ring (bicyclic) bond motifs is 1. The molecule has 0 fully saturated rings. The van der Waals surface area contributed by atoms with E-state index in [1.54, 1.807) is 13.0 Å². The summed E-state index contributed by atoms with van der Waals surface area (Å²) in [6.45, 7) is 3.70. The topological polar surface area (TPSA) is 83.8 Å². The molecule has 1 unspecified atom stereocenters. The van der Waals surface area contributed by atoms with Crippen LogP contribution in [-0.2, 0) is 4.79 Å². The molecule has 2 rings (SSSR count). The van der Waals surface area contributed by atoms with Crippen molar-refractivity contribution >= 4 is 34.2 Å². The van der Waals surface area contributed by atoms with Gasteiger partial charge in [0.1, 0.15) is 0 Å². The van der Waals surface area contributed by atoms with Crippen LogP contribution in [0.4, 0.5) is 5.82 Å². The van der Waals surface area contributed by atoms with Gasteiger partial charge in [-0.2, -0.15) is 5.10 Å². The quantitative estimate of drug-likeness (QED) is 0.805. The maximum absolute atomic E-state index is 12.1. The fourth-order valence-electron chi connectivity index (χ4n) is 1.99. The Morgan fingerprint density at radius 3 is 3.00 bits per heavy atom. The molecule has 19 heavy (non-hydrogen) atoms. The van der Waals surface area contributed by atoms with Gasteiger partial charge in [0.25, 0.3) is 0 Å². The van der Waals surface area contributed by atoms with E-state index in [1.165, 1.54) is 0 Å². The number of anilines is 1. The van der Waals surface area contributed by atoms with Gasteiger partial charge < -0.3 is 11.1 Å². The highest BCUT2D eigenvalue weighted by molar-refractivity contribution is 6.35. The summed E-state index contributed by atoms with van der Waals surface area (Å²) in [4.78, 5) is 12.1. The summed E-state index contributed by atoms with van der Waals surface area (Å²) in [5.41, 5.74) is 5.78. The number of carbonyl (C=O) groups is 1. The maximum atomic E-state index is 12.1. The predicted octanol–water partition coefficient (Wildman–Crippen LogP) is 2.67. The molecule has 0 saturated heterocycles. The lowest BCUT2D eigenvalue weighted by Gasteiger charge is -2.22. The summed E-state index contributed by atoms with van der Waals surface area (Å²) in [7, 11) is 0. The molecule has 0 aliphatic heterocycles. The number of nitrogens with two attached hydrogens (primary N) is 1. The molecule has 102 valence electrons. The van der Waals surface area contributed by atoms with Crippen molar-refractivity contribution < 1.29 is 4.79 Å². The van der Waals surface area contributed by atoms with E-state index in [9.17, 15) is 4.79 Å². The van der Waals surface area contributed by atoms with Crippen LogP contribution in [0.1, 0.15) is 26.7 Å². The lowest BCUT2D eigenvalue weighted by molar-refractivity contribution is -0.120. The summed E-state index contributed by atoms with van der Waals surface area (Å²) in [6, 6.07) is 5.41. The smallest absolute Gasteiger partial charge is 0.245 e. The van der Waals surface area contributed by atoms with Gasteiger partial charge in [0, 0.05) is 5.39 Å². The molecule has 6 heteroatoms. The molecular weight excluding hydrogens is 264 g/mol. The summed E-state index contributed by atoms with van der Waals surface area (Å²) in [5.74, 6) is 0.206. The fourth-order valence-corrected chi connectivity index (χ4v) is 2.20. The van der Waals surface area contributed by atoms with Crippen molar-refractivity contribution in [1.82, 2.24) is 10.2 Å². The zero-order chi connectivity index (χ0) is 14.0. The third-order valence-corrected chi connectivity index (χ3v) is 3.38. The van der Waals surface area contributed by atoms with Crippen LogP contribution in [-0.4, -0.2) is 21.6 Å². The number of amides is 1. The summed E-state index contributed by atoms with van der Waals surface area (Å²) >= 11 is 6.04. The molecule has 0 bridgehead atoms. The molecular formula is C13H17ClN4O. The highest BCUT2D eigenvalue weighted by Gasteiger charge is 2.28. The third kappa shape index (κ3) is 2.72. The molecule has 0 radical (unpaired) electrons. The molecule has 1 amide bonds. The van der Waals surface area contributed by atoms with Gasteiger partial charge in [-0.25, -0.2) is 0 Å². The van der Waals surface area contributed by atoms with Gasteiger partial charge in [-0.05, 0) is 25.5 Å². The largest absolute Gasteiger partial charge is 0.318 e. The number of para-hydroxylation sites is 1. The molecule has 5 nitrogen and oxygen atoms in total. The van der Waals surface area contributed by atoms with Gasteiger partial charge in [-0.3, -0.25) is 9.89 Å². The Kier molecular flexibility index (Phi) is 3.78. The number of rotatable bonds is 4. The minimum absolute atomic E-state index is 0.247. The Morgan fingerprint density at radius 2 is 2.32 bits per heavy atom. The van der Waals surface area contributed by atoms with Gasteiger partial charge in [0.2, 0.25) is 5.91 Å². The number of carbonyl (C=O) groups excluding carboxylic acids is 1. The SMILES string of the molecule is CCCC(C)(N)C(=O)Nc1n[nH]c2c(Cl)cccc12. The number of hydrogen-bond donors (Lipinski definition) is 3. The van der Waals surface area contributed by atoms with Crippen molar-refractivity contribution in [3.63, 3.8) is 0 Å². The Hall–Kier alpha value is -1.59. The highest BCUT2D eigenvalue weighted by atomic mass is 35.5. The molecule has 4 N–H and O–H groups in total. The van der Waals surface area contributed by atoms with E-state index in [0.717, 1.165) is 11.8 Å². The van der Waals surface area contributed by atoms with Crippen LogP contribution in [0.25, 0.3) is 10.9 Å². The van der Waals surface area contributed by atoms with Gasteiger partial charge in [-0.1, -0.05) is 31.0 Å². The number of nitrogens with one attached hydrogen (secondary N) is 2. The van der Waals surface area contributed by atoms with Gasteiger partial charge in [-0.15, -0.1) is 0 Å². The minimum atomic E-state index is -0.904. The Morgan fingerprint density at radius 1 is 1.58 bits per heavy atom. The van der Waals surface area contributed by atoms with E-state index in [1.807, 2.05) is 19.1 Å². The monoisotopic (exact) mass is 280 g/mol. The van der Waals surface area contributed by atoms with Crippen LogP contribution in [0.3, 0.4) is 0 Å². The van der Waals surface area contributed by atoms with Gasteiger partial charge >= 0.3 is 0 Å². The number of benzene rings is 1. The Bertz CT molecular complexity index is 606. The molecule has 0 aliphatic rings. The first kappa shape index (κ1) is 13.8. The van der Waals surface area contributed by atoms with Crippen LogP contribution in [0.5, 0.6) is 0 Å². The van der Waals surface area contributed by atoms with E-state index in [4.69, 9.17) is 17.3 Å². The van der Waals surface area contributed by atoms with E-state index >= 15 is 0 Å². The first-order valence-electron chi connectivity index (χ1n) is 6.18. The number of hydrogen-bond acceptors (Lipinski definition) is 3. The first-order valence-corrected chi connectivity index (χ1v) is 6.56. The molecule has 1 aromatic carbocycles. The zero-order valence-corrected chi connectivity index (χ0v) is 11.7. The van der Waals surface area contributed by atoms with Crippen LogP contribution in [0.2, 0.25) is 5.02 Å². The average molecular weight is 281 g/mol. The Labute approximate surface area is 116 Å². The molecule has 1 aromatic heterocycles. The standard InChI is InChI=1S/C13H17ClN4O/c1-3-7-13(2,15)12(19)16-11-8-5-4-6-9(14)10(8)17-18-11/h4-6H,3,7,15H2,1-2H3,(H2,16,17,18,19). The van der Waals surface area contributed by atoms with E-state index in [2.05, 4.69) is 15.5 Å². The highest BCUT2D eigenvalue weighted by Crippen LogP contribution is 2.27. The van der Waals surface area contributed by atoms with Crippen LogP contribution >= 0.6 is 11.6 Å². The fraction of sp³-hybridized carbons (Fsp3) is 0.385. The van der Waals surface area contributed by atoms with Gasteiger partial charge in [0.05, 0.1) is 16.1 Å². The minimum Gasteiger partial charge on any atom is -0.318 e. The summed E-state index contributed by atoms with van der Waals surface area (Å²) < 4.78 is 0. The first-order chi connectivity index (χ1) is 8.95. The van der Waals surface area contributed by atoms with E-state index in [0.29, 0.717) is 22.8 Å². The lowest BCUT2D eigenvalue weighted by Crippen LogP contribution is -2.48. The van der Waals surface area contributed by atoms with Crippen molar-refractivity contribution in [3.05, 3.63) is 23.2 Å². The number of halogens is 1. The van der Waals surface area contributed by atoms with Crippen molar-refractivity contribution in [1.29, 1.82) is 0 Å². The van der Waals surface area contributed by atoms with Crippen molar-refractivity contribution in [2.45, 2.75) is 32.2 Å². The Balaban J connectivity index is 2.27. The number of nitrogens with zero attached hydrogens (tertiary/aromatic N) is 1. The molecule has 1 atom stereocenters. The molecule has 2 aromatic rings. The van der Waals surface area contributed by atoms with Crippen molar-refractivity contribution in [3.8, 4) is 0 Å². The van der Waals surface area contributed by atoms with Crippen molar-refractivity contribution in [2.24, 2.45) is 5.73 Å². The second-order valence-corrected chi connectivity index (χ2v) is 5.26. The molecule has 1 heterocycles. The second-order valence-electron chi connectivity index (χ2n) is 4.86. The third-order valence-electron chi connectivity index (χ3n) is 3.07. The van der Waals surface area contributed by atoms with Crippen LogP contribution in [0, 0.1) is 0 Å². The maximum Gasteiger partial charge on any atom is 0.245 e. The van der Waals surface area contributed by atoms with Crippen LogP contribution < -0.4 is 11.1 Å². The van der Waals surface area contributed by atoms with E-state index < -0.39 is 5.54 Å². The predicted molar refractivity (Wildman–Crippen MR) is 77.2 cm³/mol. The number of aromatic amines is 1. The average Bonchev–Trinajstić information content (AvgIpc) is 2.74. The van der Waals surface area contributed by atoms with E-state index in [-0.39, 0.29) is 5.91 Å². The molecule has 0 spiro atoms. The number of aromatic nitrogens is 2. The normalized spacial score (nSPS) is 14.3. The number of H-pyrrole nitrogens is 1. The summed E-state index contributed by atoms with van der Waals surface area (Å²) in [5, 5.41) is 11.0. The zero-order valence-electron chi connectivity index (χ0n) is 11.0. The van der Waals surface area contributed by atoms with Gasteiger partial charge in [0.15, 0.2) is 5.82 Å².